The lowest BCUT2D eigenvalue weighted by atomic mass is 10.3. The first-order chi connectivity index (χ1) is 11.7. The predicted octanol–water partition coefficient (Wildman–Crippen LogP) is 3.73. The Morgan fingerprint density at radius 1 is 1.24 bits per heavy atom. The van der Waals surface area contributed by atoms with Crippen LogP contribution in [-0.2, 0) is 6.54 Å². The van der Waals surface area contributed by atoms with E-state index in [4.69, 9.17) is 4.74 Å². The lowest BCUT2D eigenvalue weighted by molar-refractivity contribution is 0.306. The molecule has 1 aromatic carbocycles. The molecule has 5 nitrogen and oxygen atoms in total. The molecule has 138 valence electrons. The normalized spacial score (nSPS) is 10.9. The number of aryl methyl sites for hydroxylation is 1. The van der Waals surface area contributed by atoms with Gasteiger partial charge in [-0.15, -0.1) is 35.3 Å². The number of aliphatic imine (C=N–C) groups is 1. The lowest BCUT2D eigenvalue weighted by Crippen LogP contribution is -2.37. The standard InChI is InChI=1S/C17H23FN4OS.HI/c1-13-11-21-16(24-13)12-22-17(19-2)20-9-3-4-10-23-15-7-5-14(18)6-8-15;/h5-8,11H,3-4,9-10,12H2,1-2H3,(H2,19,20,22);1H. The molecule has 0 amide bonds. The summed E-state index contributed by atoms with van der Waals surface area (Å²) in [4.78, 5) is 9.70. The largest absolute Gasteiger partial charge is 0.494 e. The fraction of sp³-hybridized carbons (Fsp3) is 0.412. The van der Waals surface area contributed by atoms with Crippen LogP contribution in [-0.4, -0.2) is 31.1 Å². The van der Waals surface area contributed by atoms with Crippen LogP contribution >= 0.6 is 35.3 Å². The highest BCUT2D eigenvalue weighted by atomic mass is 127. The minimum atomic E-state index is -0.252. The van der Waals surface area contributed by atoms with Crippen molar-refractivity contribution in [1.29, 1.82) is 0 Å². The minimum absolute atomic E-state index is 0. The molecule has 0 saturated heterocycles. The number of aromatic nitrogens is 1. The third kappa shape index (κ3) is 8.48. The summed E-state index contributed by atoms with van der Waals surface area (Å²) >= 11 is 1.68. The maximum atomic E-state index is 12.8. The summed E-state index contributed by atoms with van der Waals surface area (Å²) in [6.07, 6.45) is 3.74. The van der Waals surface area contributed by atoms with E-state index in [-0.39, 0.29) is 29.8 Å². The van der Waals surface area contributed by atoms with E-state index in [2.05, 4.69) is 20.6 Å². The van der Waals surface area contributed by atoms with Gasteiger partial charge in [0.2, 0.25) is 0 Å². The van der Waals surface area contributed by atoms with Gasteiger partial charge in [-0.1, -0.05) is 0 Å². The van der Waals surface area contributed by atoms with Crippen molar-refractivity contribution < 1.29 is 9.13 Å². The van der Waals surface area contributed by atoms with Gasteiger partial charge < -0.3 is 15.4 Å². The number of halogens is 2. The van der Waals surface area contributed by atoms with Crippen LogP contribution in [0, 0.1) is 12.7 Å². The molecule has 0 aliphatic rings. The average molecular weight is 478 g/mol. The van der Waals surface area contributed by atoms with Crippen molar-refractivity contribution in [3.8, 4) is 5.75 Å². The molecule has 0 bridgehead atoms. The predicted molar refractivity (Wildman–Crippen MR) is 112 cm³/mol. The molecule has 0 aliphatic carbocycles. The van der Waals surface area contributed by atoms with Crippen LogP contribution in [0.25, 0.3) is 0 Å². The van der Waals surface area contributed by atoms with Gasteiger partial charge in [-0.25, -0.2) is 9.37 Å². The third-order valence-electron chi connectivity index (χ3n) is 3.25. The molecule has 0 radical (unpaired) electrons. The highest BCUT2D eigenvalue weighted by Crippen LogP contribution is 2.11. The first-order valence-electron chi connectivity index (χ1n) is 7.91. The van der Waals surface area contributed by atoms with Gasteiger partial charge in [0, 0.05) is 24.7 Å². The van der Waals surface area contributed by atoms with Gasteiger partial charge in [0.1, 0.15) is 16.6 Å². The fourth-order valence-corrected chi connectivity index (χ4v) is 2.74. The quantitative estimate of drug-likeness (QED) is 0.263. The monoisotopic (exact) mass is 478 g/mol. The highest BCUT2D eigenvalue weighted by Gasteiger charge is 2.01. The molecular weight excluding hydrogens is 454 g/mol. The molecule has 0 aliphatic heterocycles. The van der Waals surface area contributed by atoms with Crippen LogP contribution in [0.1, 0.15) is 22.7 Å². The molecular formula is C17H24FIN4OS. The number of ether oxygens (including phenoxy) is 1. The van der Waals surface area contributed by atoms with Gasteiger partial charge in [-0.3, -0.25) is 4.99 Å². The van der Waals surface area contributed by atoms with Crippen molar-refractivity contribution >= 4 is 41.3 Å². The highest BCUT2D eigenvalue weighted by molar-refractivity contribution is 14.0. The zero-order valence-electron chi connectivity index (χ0n) is 14.4. The summed E-state index contributed by atoms with van der Waals surface area (Å²) in [6.45, 7) is 4.13. The molecule has 8 heteroatoms. The number of rotatable bonds is 8. The zero-order chi connectivity index (χ0) is 17.2. The smallest absolute Gasteiger partial charge is 0.191 e. The number of guanidine groups is 1. The Balaban J connectivity index is 0.00000312. The Bertz CT molecular complexity index is 648. The summed E-state index contributed by atoms with van der Waals surface area (Å²) in [5.74, 6) is 1.21. The van der Waals surface area contributed by atoms with E-state index in [1.807, 2.05) is 13.1 Å². The van der Waals surface area contributed by atoms with Gasteiger partial charge in [-0.2, -0.15) is 0 Å². The number of nitrogens with one attached hydrogen (secondary N) is 2. The second-order valence-corrected chi connectivity index (χ2v) is 6.55. The van der Waals surface area contributed by atoms with Crippen molar-refractivity contribution in [2.45, 2.75) is 26.3 Å². The summed E-state index contributed by atoms with van der Waals surface area (Å²) in [7, 11) is 1.75. The van der Waals surface area contributed by atoms with Gasteiger partial charge in [0.25, 0.3) is 0 Å². The summed E-state index contributed by atoms with van der Waals surface area (Å²) in [5.41, 5.74) is 0. The van der Waals surface area contributed by atoms with Crippen molar-refractivity contribution in [2.75, 3.05) is 20.2 Å². The molecule has 1 aromatic heterocycles. The van der Waals surface area contributed by atoms with E-state index in [0.717, 1.165) is 30.4 Å². The van der Waals surface area contributed by atoms with Crippen molar-refractivity contribution in [3.63, 3.8) is 0 Å². The molecule has 0 saturated carbocycles. The van der Waals surface area contributed by atoms with Crippen LogP contribution in [0.3, 0.4) is 0 Å². The Morgan fingerprint density at radius 2 is 2.00 bits per heavy atom. The molecule has 1 heterocycles. The summed E-state index contributed by atoms with van der Waals surface area (Å²) < 4.78 is 18.3. The van der Waals surface area contributed by atoms with Crippen LogP contribution in [0.15, 0.2) is 35.5 Å². The van der Waals surface area contributed by atoms with Crippen LogP contribution in [0.2, 0.25) is 0 Å². The molecule has 0 fully saturated rings. The number of unbranched alkanes of at least 4 members (excludes halogenated alkanes) is 1. The van der Waals surface area contributed by atoms with E-state index >= 15 is 0 Å². The molecule has 2 rings (SSSR count). The van der Waals surface area contributed by atoms with Crippen molar-refractivity contribution in [1.82, 2.24) is 15.6 Å². The molecule has 25 heavy (non-hydrogen) atoms. The van der Waals surface area contributed by atoms with Crippen molar-refractivity contribution in [2.24, 2.45) is 4.99 Å². The molecule has 0 atom stereocenters. The van der Waals surface area contributed by atoms with Gasteiger partial charge in [0.15, 0.2) is 5.96 Å². The van der Waals surface area contributed by atoms with Gasteiger partial charge in [0.05, 0.1) is 13.2 Å². The Hall–Kier alpha value is -1.42. The zero-order valence-corrected chi connectivity index (χ0v) is 17.6. The summed E-state index contributed by atoms with van der Waals surface area (Å²) in [5, 5.41) is 7.55. The number of hydrogen-bond acceptors (Lipinski definition) is 4. The number of thiazole rings is 1. The van der Waals surface area contributed by atoms with E-state index in [0.29, 0.717) is 18.9 Å². The van der Waals surface area contributed by atoms with E-state index in [1.165, 1.54) is 17.0 Å². The topological polar surface area (TPSA) is 58.5 Å². The Kier molecular flexibility index (Phi) is 10.4. The van der Waals surface area contributed by atoms with Crippen LogP contribution in [0.4, 0.5) is 4.39 Å². The number of hydrogen-bond donors (Lipinski definition) is 2. The van der Waals surface area contributed by atoms with Crippen molar-refractivity contribution in [3.05, 3.63) is 46.2 Å². The number of benzene rings is 1. The summed E-state index contributed by atoms with van der Waals surface area (Å²) in [6, 6.07) is 6.08. The third-order valence-corrected chi connectivity index (χ3v) is 4.16. The number of nitrogens with zero attached hydrogens (tertiary/aromatic N) is 2. The first kappa shape index (κ1) is 21.6. The Morgan fingerprint density at radius 3 is 2.64 bits per heavy atom. The van der Waals surface area contributed by atoms with E-state index in [1.54, 1.807) is 30.5 Å². The first-order valence-corrected chi connectivity index (χ1v) is 8.73. The Labute approximate surface area is 169 Å². The molecule has 2 N–H and O–H groups in total. The van der Waals surface area contributed by atoms with Gasteiger partial charge >= 0.3 is 0 Å². The second kappa shape index (κ2) is 12.0. The minimum Gasteiger partial charge on any atom is -0.494 e. The van der Waals surface area contributed by atoms with Crippen LogP contribution < -0.4 is 15.4 Å². The molecule has 2 aromatic rings. The SMILES string of the molecule is CN=C(NCCCCOc1ccc(F)cc1)NCc1ncc(C)s1.I. The maximum Gasteiger partial charge on any atom is 0.191 e. The van der Waals surface area contributed by atoms with Crippen LogP contribution in [0.5, 0.6) is 5.75 Å². The molecule has 0 spiro atoms. The van der Waals surface area contributed by atoms with E-state index in [9.17, 15) is 4.39 Å². The maximum absolute atomic E-state index is 12.8. The van der Waals surface area contributed by atoms with Gasteiger partial charge in [-0.05, 0) is 44.0 Å². The fourth-order valence-electron chi connectivity index (χ4n) is 2.02. The average Bonchev–Trinajstić information content (AvgIpc) is 3.00. The molecule has 0 unspecified atom stereocenters. The van der Waals surface area contributed by atoms with E-state index < -0.39 is 0 Å². The lowest BCUT2D eigenvalue weighted by Gasteiger charge is -2.11. The second-order valence-electron chi connectivity index (χ2n) is 5.23.